The molecule has 1 aromatic carbocycles. The molecule has 0 aliphatic carbocycles. The molecule has 72 valence electrons. The number of hydrogen-bond donors (Lipinski definition) is 0. The van der Waals surface area contributed by atoms with Crippen LogP contribution in [0, 0.1) is 0 Å². The monoisotopic (exact) mass is 249 g/mol. The van der Waals surface area contributed by atoms with Crippen LogP contribution in [0.2, 0.25) is 5.27 Å². The van der Waals surface area contributed by atoms with E-state index in [4.69, 9.17) is 7.48 Å². The molecule has 0 fully saturated rings. The van der Waals surface area contributed by atoms with Crippen molar-refractivity contribution in [3.8, 4) is 5.75 Å². The molecular weight excluding hydrogens is 235 g/mol. The van der Waals surface area contributed by atoms with E-state index in [1.807, 2.05) is 0 Å². The fourth-order valence-corrected chi connectivity index (χ4v) is 2.83. The van der Waals surface area contributed by atoms with Crippen molar-refractivity contribution in [2.24, 2.45) is 0 Å². The van der Waals surface area contributed by atoms with Gasteiger partial charge in [-0.1, -0.05) is 0 Å². The summed E-state index contributed by atoms with van der Waals surface area (Å²) in [5.74, 6) is 0.188. The molecule has 0 saturated carbocycles. The van der Waals surface area contributed by atoms with Gasteiger partial charge in [0.1, 0.15) is 0 Å². The van der Waals surface area contributed by atoms with Crippen LogP contribution in [0.1, 0.15) is 9.67 Å². The van der Waals surface area contributed by atoms with Gasteiger partial charge in [-0.3, -0.25) is 0 Å². The van der Waals surface area contributed by atoms with Crippen LogP contribution in [0.15, 0.2) is 24.3 Å². The van der Waals surface area contributed by atoms with Crippen molar-refractivity contribution in [2.45, 2.75) is 12.2 Å². The Morgan fingerprint density at radius 3 is 2.77 bits per heavy atom. The molecule has 0 spiro atoms. The van der Waals surface area contributed by atoms with E-state index in [-0.39, 0.29) is 10.2 Å². The summed E-state index contributed by atoms with van der Waals surface area (Å²) in [4.78, 5) is 0. The Kier molecular flexibility index (Phi) is 2.26. The SMILES string of the molecule is [1H]C([2H])(C)[Se](=O)(=O)c1ccccc1OC. The summed E-state index contributed by atoms with van der Waals surface area (Å²) < 4.78 is 43.1. The van der Waals surface area contributed by atoms with Crippen molar-refractivity contribution >= 4 is 17.2 Å². The molecule has 0 bridgehead atoms. The summed E-state index contributed by atoms with van der Waals surface area (Å²) in [5.41, 5.74) is 0. The Bertz CT molecular complexity index is 449. The molecule has 13 heavy (non-hydrogen) atoms. The fourth-order valence-electron chi connectivity index (χ4n) is 0.951. The number of rotatable bonds is 3. The van der Waals surface area contributed by atoms with Gasteiger partial charge in [0.25, 0.3) is 0 Å². The minimum atomic E-state index is -4.83. The molecule has 0 aliphatic rings. The summed E-state index contributed by atoms with van der Waals surface area (Å²) in [6.07, 6.45) is 0. The molecule has 0 N–H and O–H groups in total. The van der Waals surface area contributed by atoms with Crippen LogP contribution >= 0.6 is 0 Å². The van der Waals surface area contributed by atoms with Gasteiger partial charge in [-0.15, -0.1) is 0 Å². The van der Waals surface area contributed by atoms with E-state index in [9.17, 15) is 7.67 Å². The van der Waals surface area contributed by atoms with E-state index >= 15 is 0 Å². The first kappa shape index (κ1) is 7.53. The number of hydrogen-bond acceptors (Lipinski definition) is 3. The molecule has 0 aliphatic heterocycles. The van der Waals surface area contributed by atoms with E-state index in [1.54, 1.807) is 12.1 Å². The summed E-state index contributed by atoms with van der Waals surface area (Å²) in [6.45, 7) is 1.04. The third kappa shape index (κ3) is 2.08. The molecule has 1 aromatic rings. The Hall–Kier alpha value is -0.861. The van der Waals surface area contributed by atoms with Crippen LogP contribution in [0.4, 0.5) is 0 Å². The van der Waals surface area contributed by atoms with Crippen LogP contribution < -0.4 is 9.20 Å². The number of methoxy groups -OCH3 is 1. The van der Waals surface area contributed by atoms with Gasteiger partial charge < -0.3 is 0 Å². The zero-order valence-electron chi connectivity index (χ0n) is 9.44. The maximum atomic E-state index is 11.9. The Balaban J connectivity index is 3.41. The van der Waals surface area contributed by atoms with Crippen molar-refractivity contribution < 1.29 is 15.1 Å². The van der Waals surface area contributed by atoms with Crippen LogP contribution in [0.5, 0.6) is 5.75 Å². The molecule has 0 saturated heterocycles. The second kappa shape index (κ2) is 3.90. The second-order valence-corrected chi connectivity index (χ2v) is 6.25. The van der Waals surface area contributed by atoms with Crippen LogP contribution in [0.25, 0.3) is 0 Å². The predicted molar refractivity (Wildman–Crippen MR) is 50.2 cm³/mol. The molecular formula is C9H12O3Se. The quantitative estimate of drug-likeness (QED) is 0.755. The van der Waals surface area contributed by atoms with E-state index < -0.39 is 18.0 Å². The number of para-hydroxylation sites is 1. The van der Waals surface area contributed by atoms with Crippen molar-refractivity contribution in [3.05, 3.63) is 24.3 Å². The van der Waals surface area contributed by atoms with Crippen molar-refractivity contribution in [2.75, 3.05) is 7.11 Å². The summed E-state index contributed by atoms with van der Waals surface area (Å²) >= 11 is -4.83. The first-order chi connectivity index (χ1) is 6.80. The van der Waals surface area contributed by atoms with Crippen LogP contribution in [-0.2, 0) is 7.67 Å². The van der Waals surface area contributed by atoms with Gasteiger partial charge in [0.05, 0.1) is 0 Å². The minimum absolute atomic E-state index is 0.0521. The van der Waals surface area contributed by atoms with Gasteiger partial charge in [-0.25, -0.2) is 0 Å². The molecule has 0 radical (unpaired) electrons. The Morgan fingerprint density at radius 2 is 2.23 bits per heavy atom. The van der Waals surface area contributed by atoms with Crippen LogP contribution in [0.3, 0.4) is 0 Å². The van der Waals surface area contributed by atoms with E-state index in [0.717, 1.165) is 6.92 Å². The van der Waals surface area contributed by atoms with Gasteiger partial charge in [-0.05, 0) is 0 Å². The molecule has 3 nitrogen and oxygen atoms in total. The second-order valence-electron chi connectivity index (χ2n) is 2.36. The molecule has 4 heteroatoms. The molecule has 0 aromatic heterocycles. The number of benzene rings is 1. The molecule has 1 rings (SSSR count). The van der Waals surface area contributed by atoms with Gasteiger partial charge in [0.15, 0.2) is 0 Å². The van der Waals surface area contributed by atoms with Crippen LogP contribution in [-0.4, -0.2) is 19.8 Å². The molecule has 0 heterocycles. The summed E-state index contributed by atoms with van der Waals surface area (Å²) in [7, 11) is 1.36. The standard InChI is InChI=1S/C9H12O3Se/c1-3-13(10,11)9-7-5-4-6-8(9)12-2/h4-7H,3H2,1-2H3/i3DH. The van der Waals surface area contributed by atoms with Crippen molar-refractivity contribution in [1.29, 1.82) is 0 Å². The normalized spacial score (nSPS) is 18.3. The Morgan fingerprint density at radius 1 is 1.62 bits per heavy atom. The van der Waals surface area contributed by atoms with E-state index in [0.29, 0.717) is 0 Å². The average molecular weight is 248 g/mol. The summed E-state index contributed by atoms with van der Waals surface area (Å²) in [6, 6.07) is 6.05. The van der Waals surface area contributed by atoms with Gasteiger partial charge in [0.2, 0.25) is 0 Å². The van der Waals surface area contributed by atoms with E-state index in [2.05, 4.69) is 0 Å². The Labute approximate surface area is 82.2 Å². The van der Waals surface area contributed by atoms with Gasteiger partial charge in [-0.2, -0.15) is 0 Å². The third-order valence-corrected chi connectivity index (χ3v) is 4.68. The molecule has 1 atom stereocenters. The average Bonchev–Trinajstić information content (AvgIpc) is 2.16. The molecule has 0 amide bonds. The fraction of sp³-hybridized carbons (Fsp3) is 0.333. The van der Waals surface area contributed by atoms with Crippen molar-refractivity contribution in [3.63, 3.8) is 0 Å². The zero-order valence-corrected chi connectivity index (χ0v) is 9.16. The maximum absolute atomic E-state index is 11.9. The molecule has 1 unspecified atom stereocenters. The topological polar surface area (TPSA) is 43.4 Å². The number of ether oxygens (including phenoxy) is 1. The predicted octanol–water partition coefficient (Wildman–Crippen LogP) is 1.23. The first-order valence-corrected chi connectivity index (χ1v) is 6.79. The van der Waals surface area contributed by atoms with E-state index in [1.165, 1.54) is 19.2 Å². The summed E-state index contributed by atoms with van der Waals surface area (Å²) in [5, 5.41) is -2.24. The third-order valence-electron chi connectivity index (χ3n) is 1.63. The first-order valence-electron chi connectivity index (χ1n) is 4.68. The van der Waals surface area contributed by atoms with Gasteiger partial charge in [0, 0.05) is 0 Å². The van der Waals surface area contributed by atoms with Gasteiger partial charge >= 0.3 is 81.6 Å². The zero-order chi connectivity index (χ0) is 11.7. The van der Waals surface area contributed by atoms with Crippen molar-refractivity contribution in [1.82, 2.24) is 0 Å².